The van der Waals surface area contributed by atoms with Gasteiger partial charge in [-0.15, -0.1) is 11.3 Å². The van der Waals surface area contributed by atoms with Crippen LogP contribution in [0, 0.1) is 5.41 Å². The van der Waals surface area contributed by atoms with Gasteiger partial charge in [0, 0.05) is 23.2 Å². The van der Waals surface area contributed by atoms with Gasteiger partial charge in [-0.1, -0.05) is 13.8 Å². The zero-order valence-electron chi connectivity index (χ0n) is 12.0. The quantitative estimate of drug-likeness (QED) is 0.910. The molecule has 0 aromatic carbocycles. The van der Waals surface area contributed by atoms with Crippen molar-refractivity contribution < 1.29 is 9.90 Å². The summed E-state index contributed by atoms with van der Waals surface area (Å²) in [5.74, 6) is 1.54. The number of hydrogen-bond donors (Lipinski definition) is 1. The fourth-order valence-corrected chi connectivity index (χ4v) is 5.72. The van der Waals surface area contributed by atoms with Crippen molar-refractivity contribution in [3.63, 3.8) is 0 Å². The van der Waals surface area contributed by atoms with Crippen molar-refractivity contribution in [3.05, 3.63) is 21.9 Å². The minimum absolute atomic E-state index is 0.311. The molecule has 1 N–H and O–H groups in total. The highest BCUT2D eigenvalue weighted by Crippen LogP contribution is 2.41. The maximum atomic E-state index is 11.8. The van der Waals surface area contributed by atoms with E-state index in [2.05, 4.69) is 18.7 Å². The first-order chi connectivity index (χ1) is 9.48. The van der Waals surface area contributed by atoms with Crippen LogP contribution in [0.1, 0.15) is 36.8 Å². The summed E-state index contributed by atoms with van der Waals surface area (Å²) in [7, 11) is 0. The molecule has 0 bridgehead atoms. The fourth-order valence-electron chi connectivity index (χ4n) is 3.44. The molecule has 0 radical (unpaired) electrons. The van der Waals surface area contributed by atoms with Gasteiger partial charge in [0.15, 0.2) is 0 Å². The molecule has 0 aliphatic carbocycles. The second kappa shape index (κ2) is 5.35. The Morgan fingerprint density at radius 3 is 3.00 bits per heavy atom. The number of carboxylic acids is 1. The fraction of sp³-hybridized carbons (Fsp3) is 0.667. The second-order valence-corrected chi connectivity index (χ2v) is 8.60. The number of carboxylic acid groups (broad SMARTS) is 1. The number of aliphatic carboxylic acids is 1. The van der Waals surface area contributed by atoms with E-state index in [1.807, 2.05) is 23.2 Å². The Hall–Kier alpha value is -0.520. The largest absolute Gasteiger partial charge is 0.480 e. The number of thioether (sulfide) groups is 1. The predicted molar refractivity (Wildman–Crippen MR) is 84.6 cm³/mol. The van der Waals surface area contributed by atoms with Crippen molar-refractivity contribution in [1.29, 1.82) is 0 Å². The molecule has 2 atom stereocenters. The Labute approximate surface area is 128 Å². The van der Waals surface area contributed by atoms with E-state index >= 15 is 0 Å². The van der Waals surface area contributed by atoms with Gasteiger partial charge in [-0.3, -0.25) is 9.69 Å². The summed E-state index contributed by atoms with van der Waals surface area (Å²) in [6.45, 7) is 5.47. The number of rotatable bonds is 2. The Morgan fingerprint density at radius 1 is 1.50 bits per heavy atom. The monoisotopic (exact) mass is 311 g/mol. The average Bonchev–Trinajstić information content (AvgIpc) is 2.83. The van der Waals surface area contributed by atoms with Crippen LogP contribution >= 0.6 is 23.1 Å². The van der Waals surface area contributed by atoms with Gasteiger partial charge in [0.1, 0.15) is 6.04 Å². The predicted octanol–water partition coefficient (Wildman–Crippen LogP) is 3.26. The van der Waals surface area contributed by atoms with Gasteiger partial charge < -0.3 is 5.11 Å². The molecule has 0 saturated carbocycles. The van der Waals surface area contributed by atoms with Crippen LogP contribution in [0.5, 0.6) is 0 Å². The molecular weight excluding hydrogens is 290 g/mol. The highest BCUT2D eigenvalue weighted by Gasteiger charge is 2.40. The van der Waals surface area contributed by atoms with Crippen LogP contribution < -0.4 is 0 Å². The molecule has 1 aromatic heterocycles. The summed E-state index contributed by atoms with van der Waals surface area (Å²) in [6.07, 6.45) is 2.10. The standard InChI is InChI=1S/C15H21NO2S2/c1-15(2)7-10(8-19-9-15)16-5-3-12-11(4-6-20-12)13(16)14(17)18/h4,6,10,13H,3,5,7-9H2,1-2H3,(H,17,18). The van der Waals surface area contributed by atoms with E-state index in [4.69, 9.17) is 0 Å². The number of carbonyl (C=O) groups is 1. The molecule has 3 rings (SSSR count). The van der Waals surface area contributed by atoms with Gasteiger partial charge in [-0.2, -0.15) is 11.8 Å². The lowest BCUT2D eigenvalue weighted by Gasteiger charge is -2.44. The molecule has 1 saturated heterocycles. The van der Waals surface area contributed by atoms with Crippen LogP contribution in [-0.2, 0) is 11.2 Å². The van der Waals surface area contributed by atoms with Crippen molar-refractivity contribution in [2.45, 2.75) is 38.8 Å². The van der Waals surface area contributed by atoms with E-state index in [0.717, 1.165) is 30.7 Å². The first kappa shape index (κ1) is 14.4. The zero-order valence-corrected chi connectivity index (χ0v) is 13.6. The third kappa shape index (κ3) is 2.63. The van der Waals surface area contributed by atoms with Crippen LogP contribution in [0.15, 0.2) is 11.4 Å². The molecule has 2 aliphatic rings. The summed E-state index contributed by atoms with van der Waals surface area (Å²) in [6, 6.07) is 1.95. The Kier molecular flexibility index (Phi) is 3.86. The molecule has 0 spiro atoms. The van der Waals surface area contributed by atoms with Crippen molar-refractivity contribution in [1.82, 2.24) is 4.90 Å². The number of thiophene rings is 1. The molecule has 3 nitrogen and oxygen atoms in total. The van der Waals surface area contributed by atoms with E-state index in [-0.39, 0.29) is 0 Å². The van der Waals surface area contributed by atoms with E-state index in [1.165, 1.54) is 10.6 Å². The van der Waals surface area contributed by atoms with Gasteiger partial charge in [0.2, 0.25) is 0 Å². The molecule has 20 heavy (non-hydrogen) atoms. The highest BCUT2D eigenvalue weighted by molar-refractivity contribution is 7.99. The third-order valence-electron chi connectivity index (χ3n) is 4.30. The molecule has 1 fully saturated rings. The maximum Gasteiger partial charge on any atom is 0.325 e. The van der Waals surface area contributed by atoms with Gasteiger partial charge in [0.05, 0.1) is 0 Å². The Balaban J connectivity index is 1.88. The number of hydrogen-bond acceptors (Lipinski definition) is 4. The maximum absolute atomic E-state index is 11.8. The zero-order chi connectivity index (χ0) is 14.3. The lowest BCUT2D eigenvalue weighted by atomic mass is 9.85. The minimum atomic E-state index is -0.697. The normalized spacial score (nSPS) is 29.9. The van der Waals surface area contributed by atoms with Gasteiger partial charge in [-0.05, 0) is 41.0 Å². The van der Waals surface area contributed by atoms with Crippen molar-refractivity contribution in [2.75, 3.05) is 18.1 Å². The second-order valence-electron chi connectivity index (χ2n) is 6.57. The van der Waals surface area contributed by atoms with Crippen molar-refractivity contribution >= 4 is 29.1 Å². The molecule has 2 aliphatic heterocycles. The Bertz CT molecular complexity index is 512. The van der Waals surface area contributed by atoms with Crippen LogP contribution in [0.3, 0.4) is 0 Å². The lowest BCUT2D eigenvalue weighted by molar-refractivity contribution is -0.145. The van der Waals surface area contributed by atoms with Crippen LogP contribution in [-0.4, -0.2) is 40.1 Å². The van der Waals surface area contributed by atoms with Crippen molar-refractivity contribution in [2.24, 2.45) is 5.41 Å². The van der Waals surface area contributed by atoms with E-state index < -0.39 is 12.0 Å². The molecule has 1 aromatic rings. The van der Waals surface area contributed by atoms with Gasteiger partial charge in [-0.25, -0.2) is 0 Å². The summed E-state index contributed by atoms with van der Waals surface area (Å²) in [5, 5.41) is 11.7. The molecule has 110 valence electrons. The smallest absolute Gasteiger partial charge is 0.325 e. The molecule has 0 amide bonds. The van der Waals surface area contributed by atoms with E-state index in [1.54, 1.807) is 11.3 Å². The Morgan fingerprint density at radius 2 is 2.30 bits per heavy atom. The highest BCUT2D eigenvalue weighted by atomic mass is 32.2. The molecule has 5 heteroatoms. The van der Waals surface area contributed by atoms with E-state index in [9.17, 15) is 9.90 Å². The average molecular weight is 311 g/mol. The first-order valence-electron chi connectivity index (χ1n) is 7.10. The van der Waals surface area contributed by atoms with Crippen LogP contribution in [0.25, 0.3) is 0 Å². The molecular formula is C15H21NO2S2. The van der Waals surface area contributed by atoms with Crippen LogP contribution in [0.2, 0.25) is 0 Å². The van der Waals surface area contributed by atoms with E-state index in [0.29, 0.717) is 11.5 Å². The SMILES string of the molecule is CC1(C)CSCC(N2CCc3sccc3C2C(=O)O)C1. The van der Waals surface area contributed by atoms with Gasteiger partial charge in [0.25, 0.3) is 0 Å². The molecule has 3 heterocycles. The minimum Gasteiger partial charge on any atom is -0.480 e. The van der Waals surface area contributed by atoms with Gasteiger partial charge >= 0.3 is 5.97 Å². The molecule has 2 unspecified atom stereocenters. The topological polar surface area (TPSA) is 40.5 Å². The van der Waals surface area contributed by atoms with Crippen molar-refractivity contribution in [3.8, 4) is 0 Å². The lowest BCUT2D eigenvalue weighted by Crippen LogP contribution is -2.49. The first-order valence-corrected chi connectivity index (χ1v) is 9.14. The summed E-state index contributed by atoms with van der Waals surface area (Å²) in [4.78, 5) is 15.3. The summed E-state index contributed by atoms with van der Waals surface area (Å²) in [5.41, 5.74) is 1.34. The van der Waals surface area contributed by atoms with Crippen LogP contribution in [0.4, 0.5) is 0 Å². The summed E-state index contributed by atoms with van der Waals surface area (Å²) < 4.78 is 0. The number of nitrogens with zero attached hydrogens (tertiary/aromatic N) is 1. The number of fused-ring (bicyclic) bond motifs is 1. The third-order valence-corrected chi connectivity index (χ3v) is 6.90. The summed E-state index contributed by atoms with van der Waals surface area (Å²) >= 11 is 3.67.